The molecule has 0 aliphatic carbocycles. The van der Waals surface area contributed by atoms with Crippen molar-refractivity contribution in [1.29, 1.82) is 0 Å². The standard InChI is InChI=1S/C10H23N3O3S/c1-12(2)17(15,16)11-6-4-8-13-7-3-5-10(14)9-13/h10-11,14H,3-9H2,1-2H3. The second kappa shape index (κ2) is 6.65. The van der Waals surface area contributed by atoms with Gasteiger partial charge in [-0.2, -0.15) is 12.7 Å². The molecule has 6 nitrogen and oxygen atoms in total. The summed E-state index contributed by atoms with van der Waals surface area (Å²) in [4.78, 5) is 2.18. The summed E-state index contributed by atoms with van der Waals surface area (Å²) in [6.07, 6.45) is 2.44. The Kier molecular flexibility index (Phi) is 5.81. The fraction of sp³-hybridized carbons (Fsp3) is 1.00. The van der Waals surface area contributed by atoms with Crippen molar-refractivity contribution in [1.82, 2.24) is 13.9 Å². The monoisotopic (exact) mass is 265 g/mol. The molecule has 0 saturated carbocycles. The first-order valence-electron chi connectivity index (χ1n) is 5.99. The molecule has 0 radical (unpaired) electrons. The van der Waals surface area contributed by atoms with Gasteiger partial charge in [0.15, 0.2) is 0 Å². The maximum atomic E-state index is 11.4. The third-order valence-electron chi connectivity index (χ3n) is 2.90. The first-order chi connectivity index (χ1) is 7.92. The first kappa shape index (κ1) is 14.8. The Labute approximate surface area is 104 Å². The molecule has 1 atom stereocenters. The smallest absolute Gasteiger partial charge is 0.278 e. The molecule has 7 heteroatoms. The number of likely N-dealkylation sites (tertiary alicyclic amines) is 1. The minimum absolute atomic E-state index is 0.220. The molecule has 0 aromatic heterocycles. The molecular formula is C10H23N3O3S. The van der Waals surface area contributed by atoms with Crippen molar-refractivity contribution in [3.05, 3.63) is 0 Å². The Morgan fingerprint density at radius 3 is 2.76 bits per heavy atom. The Balaban J connectivity index is 2.16. The van der Waals surface area contributed by atoms with Crippen LogP contribution in [0.25, 0.3) is 0 Å². The van der Waals surface area contributed by atoms with Gasteiger partial charge >= 0.3 is 0 Å². The van der Waals surface area contributed by atoms with E-state index in [-0.39, 0.29) is 6.10 Å². The van der Waals surface area contributed by atoms with Crippen LogP contribution in [0.3, 0.4) is 0 Å². The van der Waals surface area contributed by atoms with E-state index in [1.54, 1.807) is 0 Å². The van der Waals surface area contributed by atoms with E-state index in [0.717, 1.165) is 36.7 Å². The van der Waals surface area contributed by atoms with Gasteiger partial charge in [-0.25, -0.2) is 4.72 Å². The number of aliphatic hydroxyl groups is 1. The van der Waals surface area contributed by atoms with E-state index in [4.69, 9.17) is 0 Å². The number of β-amino-alcohol motifs (C(OH)–C–C–N with tert-alkyl or cyclic N) is 1. The molecule has 0 bridgehead atoms. The summed E-state index contributed by atoms with van der Waals surface area (Å²) in [5.41, 5.74) is 0. The van der Waals surface area contributed by atoms with Gasteiger partial charge in [0.25, 0.3) is 10.2 Å². The molecule has 0 amide bonds. The van der Waals surface area contributed by atoms with E-state index in [9.17, 15) is 13.5 Å². The van der Waals surface area contributed by atoms with Crippen molar-refractivity contribution >= 4 is 10.2 Å². The Hall–Kier alpha value is -0.210. The summed E-state index contributed by atoms with van der Waals surface area (Å²) >= 11 is 0. The van der Waals surface area contributed by atoms with Crippen LogP contribution in [0.1, 0.15) is 19.3 Å². The first-order valence-corrected chi connectivity index (χ1v) is 7.43. The largest absolute Gasteiger partial charge is 0.392 e. The number of piperidine rings is 1. The number of nitrogens with zero attached hydrogens (tertiary/aromatic N) is 2. The fourth-order valence-electron chi connectivity index (χ4n) is 1.87. The van der Waals surface area contributed by atoms with E-state index in [1.165, 1.54) is 14.1 Å². The van der Waals surface area contributed by atoms with Crippen LogP contribution in [0.15, 0.2) is 0 Å². The van der Waals surface area contributed by atoms with Crippen LogP contribution in [0.5, 0.6) is 0 Å². The lowest BCUT2D eigenvalue weighted by Gasteiger charge is -2.29. The van der Waals surface area contributed by atoms with E-state index < -0.39 is 10.2 Å². The lowest BCUT2D eigenvalue weighted by molar-refractivity contribution is 0.0703. The predicted octanol–water partition coefficient (Wildman–Crippen LogP) is -0.771. The summed E-state index contributed by atoms with van der Waals surface area (Å²) in [6, 6.07) is 0. The zero-order valence-corrected chi connectivity index (χ0v) is 11.4. The van der Waals surface area contributed by atoms with Gasteiger partial charge in [-0.05, 0) is 32.4 Å². The van der Waals surface area contributed by atoms with E-state index in [1.807, 2.05) is 0 Å². The minimum atomic E-state index is -3.30. The average Bonchev–Trinajstić information content (AvgIpc) is 2.24. The van der Waals surface area contributed by atoms with Crippen LogP contribution in [0.4, 0.5) is 0 Å². The molecule has 0 aromatic rings. The van der Waals surface area contributed by atoms with Crippen molar-refractivity contribution in [2.45, 2.75) is 25.4 Å². The molecule has 0 spiro atoms. The Bertz CT molecular complexity index is 319. The Morgan fingerprint density at radius 2 is 2.18 bits per heavy atom. The maximum Gasteiger partial charge on any atom is 0.278 e. The zero-order chi connectivity index (χ0) is 12.9. The van der Waals surface area contributed by atoms with Gasteiger partial charge in [-0.15, -0.1) is 0 Å². The van der Waals surface area contributed by atoms with Gasteiger partial charge in [-0.1, -0.05) is 0 Å². The number of aliphatic hydroxyl groups excluding tert-OH is 1. The van der Waals surface area contributed by atoms with Gasteiger partial charge in [0.1, 0.15) is 0 Å². The van der Waals surface area contributed by atoms with Crippen LogP contribution < -0.4 is 4.72 Å². The van der Waals surface area contributed by atoms with Crippen molar-refractivity contribution in [2.75, 3.05) is 40.3 Å². The van der Waals surface area contributed by atoms with Gasteiger partial charge < -0.3 is 10.0 Å². The zero-order valence-electron chi connectivity index (χ0n) is 10.6. The third kappa shape index (κ3) is 5.31. The highest BCUT2D eigenvalue weighted by Crippen LogP contribution is 2.09. The predicted molar refractivity (Wildman–Crippen MR) is 66.9 cm³/mol. The van der Waals surface area contributed by atoms with Crippen LogP contribution in [-0.2, 0) is 10.2 Å². The highest BCUT2D eigenvalue weighted by molar-refractivity contribution is 7.87. The normalized spacial score (nSPS) is 23.2. The van der Waals surface area contributed by atoms with Crippen molar-refractivity contribution in [2.24, 2.45) is 0 Å². The van der Waals surface area contributed by atoms with Crippen LogP contribution >= 0.6 is 0 Å². The highest BCUT2D eigenvalue weighted by atomic mass is 32.2. The SMILES string of the molecule is CN(C)S(=O)(=O)NCCCN1CCCC(O)C1. The third-order valence-corrected chi connectivity index (χ3v) is 4.43. The van der Waals surface area contributed by atoms with Crippen molar-refractivity contribution in [3.8, 4) is 0 Å². The molecule has 1 aliphatic rings. The summed E-state index contributed by atoms with van der Waals surface area (Å²) in [5, 5.41) is 9.48. The molecule has 102 valence electrons. The van der Waals surface area contributed by atoms with Crippen molar-refractivity contribution in [3.63, 3.8) is 0 Å². The maximum absolute atomic E-state index is 11.4. The molecule has 17 heavy (non-hydrogen) atoms. The number of hydrogen-bond acceptors (Lipinski definition) is 4. The molecule has 2 N–H and O–H groups in total. The number of nitrogens with one attached hydrogen (secondary N) is 1. The Morgan fingerprint density at radius 1 is 1.47 bits per heavy atom. The van der Waals surface area contributed by atoms with Gasteiger partial charge in [0.05, 0.1) is 6.10 Å². The van der Waals surface area contributed by atoms with E-state index in [0.29, 0.717) is 13.1 Å². The van der Waals surface area contributed by atoms with Crippen LogP contribution in [-0.4, -0.2) is 69.1 Å². The summed E-state index contributed by atoms with van der Waals surface area (Å²) in [7, 11) is -0.290. The van der Waals surface area contributed by atoms with Gasteiger partial charge in [0, 0.05) is 27.2 Å². The topological polar surface area (TPSA) is 72.9 Å². The van der Waals surface area contributed by atoms with Gasteiger partial charge in [0.2, 0.25) is 0 Å². The number of hydrogen-bond donors (Lipinski definition) is 2. The summed E-state index contributed by atoms with van der Waals surface area (Å²) < 4.78 is 26.5. The fourth-order valence-corrected chi connectivity index (χ4v) is 2.53. The molecule has 1 unspecified atom stereocenters. The average molecular weight is 265 g/mol. The molecule has 1 heterocycles. The number of rotatable bonds is 6. The van der Waals surface area contributed by atoms with Gasteiger partial charge in [-0.3, -0.25) is 0 Å². The summed E-state index contributed by atoms with van der Waals surface area (Å²) in [5.74, 6) is 0. The van der Waals surface area contributed by atoms with Crippen LogP contribution in [0.2, 0.25) is 0 Å². The second-order valence-corrected chi connectivity index (χ2v) is 6.60. The van der Waals surface area contributed by atoms with Crippen molar-refractivity contribution < 1.29 is 13.5 Å². The molecular weight excluding hydrogens is 242 g/mol. The molecule has 1 aliphatic heterocycles. The minimum Gasteiger partial charge on any atom is -0.392 e. The van der Waals surface area contributed by atoms with E-state index >= 15 is 0 Å². The molecule has 0 aromatic carbocycles. The lowest BCUT2D eigenvalue weighted by atomic mass is 10.1. The molecule has 1 rings (SSSR count). The molecule has 1 saturated heterocycles. The lowest BCUT2D eigenvalue weighted by Crippen LogP contribution is -2.40. The quantitative estimate of drug-likeness (QED) is 0.619. The highest BCUT2D eigenvalue weighted by Gasteiger charge is 2.17. The van der Waals surface area contributed by atoms with Crippen LogP contribution in [0, 0.1) is 0 Å². The molecule has 1 fully saturated rings. The summed E-state index contributed by atoms with van der Waals surface area (Å²) in [6.45, 7) is 2.97. The second-order valence-electron chi connectivity index (χ2n) is 4.63. The van der Waals surface area contributed by atoms with E-state index in [2.05, 4.69) is 9.62 Å².